The Morgan fingerprint density at radius 2 is 2.11 bits per heavy atom. The molecule has 1 saturated heterocycles. The van der Waals surface area contributed by atoms with E-state index in [1.165, 1.54) is 6.42 Å². The summed E-state index contributed by atoms with van der Waals surface area (Å²) in [6.07, 6.45) is 4.29. The average molecular weight is 272 g/mol. The minimum absolute atomic E-state index is 0.0660. The third kappa shape index (κ3) is 3.48. The molecule has 2 aliphatic rings. The van der Waals surface area contributed by atoms with Gasteiger partial charge in [-0.05, 0) is 49.4 Å². The number of hydrogen-bond acceptors (Lipinski definition) is 4. The van der Waals surface area contributed by atoms with Crippen LogP contribution in [0.1, 0.15) is 39.5 Å². The molecule has 0 aromatic heterocycles. The van der Waals surface area contributed by atoms with Crippen LogP contribution in [0.3, 0.4) is 0 Å². The van der Waals surface area contributed by atoms with Gasteiger partial charge in [0.25, 0.3) is 0 Å². The molecule has 0 bridgehead atoms. The van der Waals surface area contributed by atoms with Crippen molar-refractivity contribution < 1.29 is 19.7 Å². The predicted molar refractivity (Wildman–Crippen MR) is 72.6 cm³/mol. The van der Waals surface area contributed by atoms with E-state index >= 15 is 0 Å². The van der Waals surface area contributed by atoms with Crippen molar-refractivity contribution in [1.29, 1.82) is 0 Å². The first kappa shape index (κ1) is 15.2. The maximum atomic E-state index is 9.61. The summed E-state index contributed by atoms with van der Waals surface area (Å²) >= 11 is 0. The van der Waals surface area contributed by atoms with Gasteiger partial charge in [-0.15, -0.1) is 0 Å². The molecule has 19 heavy (non-hydrogen) atoms. The van der Waals surface area contributed by atoms with Crippen molar-refractivity contribution in [3.8, 4) is 0 Å². The summed E-state index contributed by atoms with van der Waals surface area (Å²) in [5.41, 5.74) is 0. The van der Waals surface area contributed by atoms with E-state index in [-0.39, 0.29) is 37.4 Å². The summed E-state index contributed by atoms with van der Waals surface area (Å²) in [4.78, 5) is 0. The lowest BCUT2D eigenvalue weighted by Gasteiger charge is -2.28. The molecule has 2 fully saturated rings. The van der Waals surface area contributed by atoms with Crippen LogP contribution in [0.15, 0.2) is 0 Å². The fourth-order valence-corrected chi connectivity index (χ4v) is 3.61. The molecular weight excluding hydrogens is 244 g/mol. The highest BCUT2D eigenvalue weighted by atomic mass is 16.7. The van der Waals surface area contributed by atoms with Crippen molar-refractivity contribution >= 4 is 0 Å². The molecule has 4 nitrogen and oxygen atoms in total. The molecular formula is C15H28O4. The number of rotatable bonds is 5. The zero-order chi connectivity index (χ0) is 13.8. The van der Waals surface area contributed by atoms with Gasteiger partial charge >= 0.3 is 0 Å². The van der Waals surface area contributed by atoms with E-state index in [1.807, 2.05) is 0 Å². The molecule has 0 spiro atoms. The van der Waals surface area contributed by atoms with Crippen molar-refractivity contribution in [2.45, 2.75) is 51.9 Å². The molecule has 0 aromatic carbocycles. The number of aliphatic hydroxyl groups excluding tert-OH is 2. The van der Waals surface area contributed by atoms with Crippen LogP contribution in [0.25, 0.3) is 0 Å². The van der Waals surface area contributed by atoms with Crippen LogP contribution in [0.4, 0.5) is 0 Å². The first-order valence-corrected chi connectivity index (χ1v) is 7.66. The Hall–Kier alpha value is -0.160. The summed E-state index contributed by atoms with van der Waals surface area (Å²) in [5.74, 6) is 1.13. The van der Waals surface area contributed by atoms with E-state index in [9.17, 15) is 10.2 Å². The molecule has 2 unspecified atom stereocenters. The standard InChI is InChI=1S/C15H28O4/c1-10(8-16)12-7-14(11(2)13(12)9-17)19-15-5-3-4-6-18-15/h10-17H,3-9H2,1-2H3/t10?,11-,12-,13-,14+,15?/m0/s1. The monoisotopic (exact) mass is 272 g/mol. The van der Waals surface area contributed by atoms with E-state index in [0.717, 1.165) is 25.9 Å². The summed E-state index contributed by atoms with van der Waals surface area (Å²) in [6.45, 7) is 5.37. The molecule has 0 aromatic rings. The lowest BCUT2D eigenvalue weighted by molar-refractivity contribution is -0.195. The smallest absolute Gasteiger partial charge is 0.157 e. The molecule has 0 amide bonds. The van der Waals surface area contributed by atoms with Gasteiger partial charge in [0.1, 0.15) is 0 Å². The van der Waals surface area contributed by atoms with Gasteiger partial charge in [0.2, 0.25) is 0 Å². The van der Waals surface area contributed by atoms with Crippen LogP contribution >= 0.6 is 0 Å². The second-order valence-corrected chi connectivity index (χ2v) is 6.24. The second-order valence-electron chi connectivity index (χ2n) is 6.24. The van der Waals surface area contributed by atoms with Crippen molar-refractivity contribution in [2.24, 2.45) is 23.7 Å². The lowest BCUT2D eigenvalue weighted by Crippen LogP contribution is -2.30. The van der Waals surface area contributed by atoms with Crippen molar-refractivity contribution in [2.75, 3.05) is 19.8 Å². The van der Waals surface area contributed by atoms with E-state index in [1.54, 1.807) is 0 Å². The summed E-state index contributed by atoms with van der Waals surface area (Å²) < 4.78 is 11.8. The Morgan fingerprint density at radius 1 is 1.32 bits per heavy atom. The molecule has 1 heterocycles. The normalized spacial score (nSPS) is 41.4. The van der Waals surface area contributed by atoms with Crippen LogP contribution in [-0.2, 0) is 9.47 Å². The van der Waals surface area contributed by atoms with Gasteiger partial charge < -0.3 is 19.7 Å². The van der Waals surface area contributed by atoms with Crippen LogP contribution in [-0.4, -0.2) is 42.4 Å². The zero-order valence-electron chi connectivity index (χ0n) is 12.1. The van der Waals surface area contributed by atoms with Crippen molar-refractivity contribution in [3.63, 3.8) is 0 Å². The summed E-state index contributed by atoms with van der Waals surface area (Å²) in [7, 11) is 0. The summed E-state index contributed by atoms with van der Waals surface area (Å²) in [5, 5.41) is 19.0. The molecule has 1 saturated carbocycles. The van der Waals surface area contributed by atoms with Crippen LogP contribution in [0, 0.1) is 23.7 Å². The highest BCUT2D eigenvalue weighted by Crippen LogP contribution is 2.43. The molecule has 1 aliphatic heterocycles. The Morgan fingerprint density at radius 3 is 2.68 bits per heavy atom. The van der Waals surface area contributed by atoms with E-state index < -0.39 is 0 Å². The molecule has 2 N–H and O–H groups in total. The van der Waals surface area contributed by atoms with Gasteiger partial charge in [-0.3, -0.25) is 0 Å². The molecule has 2 rings (SSSR count). The summed E-state index contributed by atoms with van der Waals surface area (Å²) in [6, 6.07) is 0. The van der Waals surface area contributed by atoms with Gasteiger partial charge in [0.05, 0.1) is 6.10 Å². The number of hydrogen-bond donors (Lipinski definition) is 2. The van der Waals surface area contributed by atoms with E-state index in [2.05, 4.69) is 13.8 Å². The zero-order valence-corrected chi connectivity index (χ0v) is 12.1. The maximum Gasteiger partial charge on any atom is 0.157 e. The number of aliphatic hydroxyl groups is 2. The topological polar surface area (TPSA) is 58.9 Å². The van der Waals surface area contributed by atoms with Gasteiger partial charge in [0, 0.05) is 19.8 Å². The molecule has 6 atom stereocenters. The van der Waals surface area contributed by atoms with Gasteiger partial charge in [-0.25, -0.2) is 0 Å². The molecule has 0 radical (unpaired) electrons. The fourth-order valence-electron chi connectivity index (χ4n) is 3.61. The highest BCUT2D eigenvalue weighted by Gasteiger charge is 2.43. The second kappa shape index (κ2) is 7.02. The Labute approximate surface area is 116 Å². The fraction of sp³-hybridized carbons (Fsp3) is 1.00. The highest BCUT2D eigenvalue weighted by molar-refractivity contribution is 4.91. The maximum absolute atomic E-state index is 9.61. The van der Waals surface area contributed by atoms with Crippen LogP contribution < -0.4 is 0 Å². The Kier molecular flexibility index (Phi) is 5.63. The first-order chi connectivity index (χ1) is 9.17. The largest absolute Gasteiger partial charge is 0.396 e. The predicted octanol–water partition coefficient (Wildman–Crippen LogP) is 1.79. The molecule has 112 valence electrons. The SMILES string of the molecule is CC(CO)[C@@H]1C[C@@H](OC2CCCCO2)[C@@H](C)[C@@H]1CO. The van der Waals surface area contributed by atoms with E-state index in [4.69, 9.17) is 9.47 Å². The van der Waals surface area contributed by atoms with Gasteiger partial charge in [-0.2, -0.15) is 0 Å². The van der Waals surface area contributed by atoms with E-state index in [0.29, 0.717) is 11.8 Å². The van der Waals surface area contributed by atoms with Crippen LogP contribution in [0.2, 0.25) is 0 Å². The van der Waals surface area contributed by atoms with Crippen molar-refractivity contribution in [1.82, 2.24) is 0 Å². The lowest BCUT2D eigenvalue weighted by atomic mass is 9.83. The average Bonchev–Trinajstić information content (AvgIpc) is 2.76. The minimum atomic E-state index is -0.0660. The Balaban J connectivity index is 1.94. The van der Waals surface area contributed by atoms with Crippen LogP contribution in [0.5, 0.6) is 0 Å². The third-order valence-corrected chi connectivity index (χ3v) is 5.01. The Bertz CT molecular complexity index is 265. The molecule has 1 aliphatic carbocycles. The quantitative estimate of drug-likeness (QED) is 0.801. The van der Waals surface area contributed by atoms with Crippen molar-refractivity contribution in [3.05, 3.63) is 0 Å². The molecule has 4 heteroatoms. The first-order valence-electron chi connectivity index (χ1n) is 7.66. The van der Waals surface area contributed by atoms with Gasteiger partial charge in [-0.1, -0.05) is 13.8 Å². The number of ether oxygens (including phenoxy) is 2. The minimum Gasteiger partial charge on any atom is -0.396 e. The van der Waals surface area contributed by atoms with Gasteiger partial charge in [0.15, 0.2) is 6.29 Å². The third-order valence-electron chi connectivity index (χ3n) is 5.01.